The molecule has 0 fully saturated rings. The lowest BCUT2D eigenvalue weighted by Gasteiger charge is -2.12. The number of nitrogens with one attached hydrogen (secondary N) is 2. The summed E-state index contributed by atoms with van der Waals surface area (Å²) in [6.45, 7) is 5.53. The maximum Gasteiger partial charge on any atom is 0.230 e. The molecule has 7 heteroatoms. The van der Waals surface area contributed by atoms with Crippen molar-refractivity contribution in [2.75, 3.05) is 37.8 Å². The molecule has 20 heavy (non-hydrogen) atoms. The van der Waals surface area contributed by atoms with Gasteiger partial charge in [-0.3, -0.25) is 0 Å². The van der Waals surface area contributed by atoms with Crippen molar-refractivity contribution in [1.82, 2.24) is 20.0 Å². The zero-order valence-electron chi connectivity index (χ0n) is 12.3. The summed E-state index contributed by atoms with van der Waals surface area (Å²) in [6, 6.07) is 3.71. The van der Waals surface area contributed by atoms with E-state index in [2.05, 4.69) is 30.7 Å². The Morgan fingerprint density at radius 1 is 1.15 bits per heavy atom. The minimum Gasteiger partial charge on any atom is -0.369 e. The molecule has 0 saturated carbocycles. The van der Waals surface area contributed by atoms with Crippen LogP contribution in [0, 0.1) is 13.8 Å². The van der Waals surface area contributed by atoms with Crippen LogP contribution in [-0.4, -0.2) is 47.2 Å². The van der Waals surface area contributed by atoms with Crippen LogP contribution in [0.25, 0.3) is 0 Å². The predicted molar refractivity (Wildman–Crippen MR) is 78.3 cm³/mol. The molecule has 0 aliphatic carbocycles. The van der Waals surface area contributed by atoms with Crippen molar-refractivity contribution in [2.24, 2.45) is 0 Å². The van der Waals surface area contributed by atoms with Gasteiger partial charge in [0.05, 0.1) is 0 Å². The number of anilines is 3. The Bertz CT molecular complexity index is 566. The first kappa shape index (κ1) is 14.3. The van der Waals surface area contributed by atoms with Gasteiger partial charge in [0, 0.05) is 30.9 Å². The fourth-order valence-electron chi connectivity index (χ4n) is 1.66. The number of likely N-dealkylation sites (N-methyl/N-ethyl adjacent to an activating group) is 1. The number of nitrogens with zero attached hydrogens (tertiary/aromatic N) is 4. The lowest BCUT2D eigenvalue weighted by molar-refractivity contribution is 0.400. The van der Waals surface area contributed by atoms with E-state index >= 15 is 0 Å². The van der Waals surface area contributed by atoms with Crippen molar-refractivity contribution in [3.63, 3.8) is 0 Å². The Balaban J connectivity index is 2.04. The second-order valence-corrected chi connectivity index (χ2v) is 4.90. The van der Waals surface area contributed by atoms with Crippen LogP contribution >= 0.6 is 0 Å². The second-order valence-electron chi connectivity index (χ2n) is 4.90. The lowest BCUT2D eigenvalue weighted by atomic mass is 10.4. The maximum absolute atomic E-state index is 5.00. The summed E-state index contributed by atoms with van der Waals surface area (Å²) < 4.78 is 5.00. The van der Waals surface area contributed by atoms with Crippen molar-refractivity contribution in [3.8, 4) is 0 Å². The summed E-state index contributed by atoms with van der Waals surface area (Å²) in [5.74, 6) is 2.64. The van der Waals surface area contributed by atoms with Gasteiger partial charge in [0.25, 0.3) is 0 Å². The van der Waals surface area contributed by atoms with Crippen molar-refractivity contribution in [2.45, 2.75) is 13.8 Å². The highest BCUT2D eigenvalue weighted by molar-refractivity contribution is 5.50. The van der Waals surface area contributed by atoms with Crippen LogP contribution < -0.4 is 10.6 Å². The van der Waals surface area contributed by atoms with Gasteiger partial charge in [-0.1, -0.05) is 5.16 Å². The highest BCUT2D eigenvalue weighted by Gasteiger charge is 2.05. The minimum absolute atomic E-state index is 0.505. The first-order valence-electron chi connectivity index (χ1n) is 6.47. The number of aromatic nitrogens is 3. The Kier molecular flexibility index (Phi) is 4.52. The van der Waals surface area contributed by atoms with Gasteiger partial charge in [-0.25, -0.2) is 4.98 Å². The van der Waals surface area contributed by atoms with Gasteiger partial charge in [-0.05, 0) is 27.9 Å². The molecular formula is C13H20N6O. The van der Waals surface area contributed by atoms with Crippen LogP contribution in [0.15, 0.2) is 16.7 Å². The zero-order chi connectivity index (χ0) is 14.5. The third-order valence-corrected chi connectivity index (χ3v) is 2.59. The average Bonchev–Trinajstić information content (AvgIpc) is 2.73. The molecule has 2 rings (SSSR count). The summed E-state index contributed by atoms with van der Waals surface area (Å²) in [4.78, 5) is 10.8. The van der Waals surface area contributed by atoms with E-state index in [4.69, 9.17) is 4.52 Å². The molecule has 0 radical (unpaired) electrons. The van der Waals surface area contributed by atoms with E-state index < -0.39 is 0 Å². The van der Waals surface area contributed by atoms with Crippen molar-refractivity contribution >= 4 is 17.6 Å². The zero-order valence-corrected chi connectivity index (χ0v) is 12.3. The van der Waals surface area contributed by atoms with Gasteiger partial charge in [-0.2, -0.15) is 4.98 Å². The smallest absolute Gasteiger partial charge is 0.230 e. The largest absolute Gasteiger partial charge is 0.369 e. The molecule has 2 aromatic rings. The fourth-order valence-corrected chi connectivity index (χ4v) is 1.66. The quantitative estimate of drug-likeness (QED) is 0.832. The first-order valence-corrected chi connectivity index (χ1v) is 6.47. The van der Waals surface area contributed by atoms with Crippen LogP contribution in [0.1, 0.15) is 11.5 Å². The molecule has 0 aromatic carbocycles. The molecule has 0 aliphatic rings. The van der Waals surface area contributed by atoms with Gasteiger partial charge >= 0.3 is 0 Å². The highest BCUT2D eigenvalue weighted by Crippen LogP contribution is 2.15. The minimum atomic E-state index is 0.505. The average molecular weight is 276 g/mol. The van der Waals surface area contributed by atoms with E-state index in [9.17, 15) is 0 Å². The first-order chi connectivity index (χ1) is 9.52. The molecule has 2 N–H and O–H groups in total. The van der Waals surface area contributed by atoms with Crippen LogP contribution in [0.4, 0.5) is 17.6 Å². The van der Waals surface area contributed by atoms with Crippen LogP contribution in [-0.2, 0) is 0 Å². The molecule has 108 valence electrons. The van der Waals surface area contributed by atoms with Gasteiger partial charge < -0.3 is 20.1 Å². The van der Waals surface area contributed by atoms with Gasteiger partial charge in [-0.15, -0.1) is 0 Å². The van der Waals surface area contributed by atoms with Crippen molar-refractivity contribution < 1.29 is 4.52 Å². The number of rotatable bonds is 6. The standard InChI is InChI=1S/C13H20N6O/c1-9-7-11(14-5-6-19(3)4)16-13(15-9)17-12-8-10(2)20-18-12/h7-8H,5-6H2,1-4H3,(H2,14,15,16,17,18). The van der Waals surface area contributed by atoms with E-state index in [0.717, 1.165) is 30.4 Å². The van der Waals surface area contributed by atoms with E-state index in [0.29, 0.717) is 11.8 Å². The molecule has 0 aliphatic heterocycles. The number of hydrogen-bond acceptors (Lipinski definition) is 7. The Labute approximate surface area is 118 Å². The number of aryl methyl sites for hydroxylation is 2. The third kappa shape index (κ3) is 4.20. The molecule has 0 spiro atoms. The summed E-state index contributed by atoms with van der Waals surface area (Å²) in [6.07, 6.45) is 0. The molecule has 0 bridgehead atoms. The fraction of sp³-hybridized carbons (Fsp3) is 0.462. The molecule has 0 unspecified atom stereocenters. The van der Waals surface area contributed by atoms with E-state index in [-0.39, 0.29) is 0 Å². The molecule has 2 heterocycles. The van der Waals surface area contributed by atoms with E-state index in [1.54, 1.807) is 6.07 Å². The van der Waals surface area contributed by atoms with E-state index in [1.165, 1.54) is 0 Å². The second kappa shape index (κ2) is 6.33. The molecule has 0 saturated heterocycles. The van der Waals surface area contributed by atoms with Crippen molar-refractivity contribution in [1.29, 1.82) is 0 Å². The summed E-state index contributed by atoms with van der Waals surface area (Å²) in [5, 5.41) is 10.2. The lowest BCUT2D eigenvalue weighted by Crippen LogP contribution is -2.21. The molecule has 0 atom stereocenters. The highest BCUT2D eigenvalue weighted by atomic mass is 16.5. The Morgan fingerprint density at radius 2 is 1.95 bits per heavy atom. The molecule has 2 aromatic heterocycles. The molecular weight excluding hydrogens is 256 g/mol. The van der Waals surface area contributed by atoms with Crippen LogP contribution in [0.2, 0.25) is 0 Å². The summed E-state index contributed by atoms with van der Waals surface area (Å²) >= 11 is 0. The predicted octanol–water partition coefficient (Wildman–Crippen LogP) is 1.80. The van der Waals surface area contributed by atoms with Gasteiger partial charge in [0.1, 0.15) is 11.6 Å². The van der Waals surface area contributed by atoms with Crippen molar-refractivity contribution in [3.05, 3.63) is 23.6 Å². The monoisotopic (exact) mass is 276 g/mol. The molecule has 7 nitrogen and oxygen atoms in total. The molecule has 0 amide bonds. The van der Waals surface area contributed by atoms with Gasteiger partial charge in [0.15, 0.2) is 5.82 Å². The number of hydrogen-bond donors (Lipinski definition) is 2. The SMILES string of the molecule is Cc1cc(NCCN(C)C)nc(Nc2cc(C)on2)n1. The Hall–Kier alpha value is -2.15. The van der Waals surface area contributed by atoms with Crippen LogP contribution in [0.3, 0.4) is 0 Å². The topological polar surface area (TPSA) is 79.1 Å². The van der Waals surface area contributed by atoms with E-state index in [1.807, 2.05) is 34.0 Å². The summed E-state index contributed by atoms with van der Waals surface area (Å²) in [5.41, 5.74) is 0.884. The summed E-state index contributed by atoms with van der Waals surface area (Å²) in [7, 11) is 4.07. The maximum atomic E-state index is 5.00. The Morgan fingerprint density at radius 3 is 2.60 bits per heavy atom. The third-order valence-electron chi connectivity index (χ3n) is 2.59. The van der Waals surface area contributed by atoms with Crippen LogP contribution in [0.5, 0.6) is 0 Å². The normalized spacial score (nSPS) is 10.8. The van der Waals surface area contributed by atoms with Gasteiger partial charge in [0.2, 0.25) is 5.95 Å².